The first-order valence-corrected chi connectivity index (χ1v) is 11.8. The summed E-state index contributed by atoms with van der Waals surface area (Å²) in [6, 6.07) is 10.8. The molecule has 3 N–H and O–H groups in total. The Kier molecular flexibility index (Phi) is 6.35. The third kappa shape index (κ3) is 4.99. The van der Waals surface area contributed by atoms with Crippen LogP contribution in [0.25, 0.3) is 10.9 Å². The molecule has 3 heterocycles. The summed E-state index contributed by atoms with van der Waals surface area (Å²) in [4.78, 5) is 31.0. The van der Waals surface area contributed by atoms with Crippen molar-refractivity contribution in [2.45, 2.75) is 50.7 Å². The van der Waals surface area contributed by atoms with Crippen molar-refractivity contribution in [3.05, 3.63) is 48.8 Å². The Balaban J connectivity index is 1.24. The molecule has 1 saturated carbocycles. The van der Waals surface area contributed by atoms with Gasteiger partial charge in [0.15, 0.2) is 0 Å². The maximum atomic E-state index is 12.7. The predicted octanol–water partition coefficient (Wildman–Crippen LogP) is 4.32. The number of nitrogens with zero attached hydrogens (tertiary/aromatic N) is 3. The molecule has 9 heteroatoms. The highest BCUT2D eigenvalue weighted by molar-refractivity contribution is 5.92. The second-order valence-corrected chi connectivity index (χ2v) is 8.96. The van der Waals surface area contributed by atoms with Gasteiger partial charge in [-0.25, -0.2) is 14.6 Å². The molecule has 1 saturated heterocycles. The van der Waals surface area contributed by atoms with E-state index in [4.69, 9.17) is 4.74 Å². The number of anilines is 1. The number of likely N-dealkylation sites (tertiary alicyclic amines) is 1. The van der Waals surface area contributed by atoms with E-state index in [9.17, 15) is 14.7 Å². The van der Waals surface area contributed by atoms with Gasteiger partial charge in [-0.15, -0.1) is 0 Å². The Bertz CT molecular complexity index is 1180. The fraction of sp³-hybridized carbons (Fsp3) is 0.400. The Morgan fingerprint density at radius 3 is 2.53 bits per heavy atom. The molecule has 3 aromatic rings. The van der Waals surface area contributed by atoms with Crippen LogP contribution in [-0.4, -0.2) is 56.9 Å². The van der Waals surface area contributed by atoms with Gasteiger partial charge in [0.05, 0.1) is 11.6 Å². The molecule has 5 rings (SSSR count). The lowest BCUT2D eigenvalue weighted by Crippen LogP contribution is -2.42. The van der Waals surface area contributed by atoms with Gasteiger partial charge in [-0.3, -0.25) is 9.88 Å². The molecule has 2 fully saturated rings. The van der Waals surface area contributed by atoms with Gasteiger partial charge in [0.25, 0.3) is 0 Å². The monoisotopic (exact) mass is 463 g/mol. The van der Waals surface area contributed by atoms with Crippen molar-refractivity contribution in [3.63, 3.8) is 0 Å². The number of rotatable bonds is 4. The van der Waals surface area contributed by atoms with E-state index in [1.807, 2.05) is 24.3 Å². The quantitative estimate of drug-likeness (QED) is 0.534. The van der Waals surface area contributed by atoms with Crippen LogP contribution in [0.1, 0.15) is 38.5 Å². The van der Waals surface area contributed by atoms with E-state index in [1.54, 1.807) is 34.0 Å². The molecule has 0 atom stereocenters. The molecular formula is C25H29N5O4. The average Bonchev–Trinajstić information content (AvgIpc) is 3.49. The summed E-state index contributed by atoms with van der Waals surface area (Å²) >= 11 is 0. The van der Waals surface area contributed by atoms with Crippen LogP contribution in [0.5, 0.6) is 11.5 Å². The van der Waals surface area contributed by atoms with Crippen LogP contribution < -0.4 is 15.4 Å². The molecule has 178 valence electrons. The Labute approximate surface area is 197 Å². The summed E-state index contributed by atoms with van der Waals surface area (Å²) in [6.45, 7) is 1.03. The van der Waals surface area contributed by atoms with E-state index < -0.39 is 0 Å². The molecular weight excluding hydrogens is 434 g/mol. The predicted molar refractivity (Wildman–Crippen MR) is 128 cm³/mol. The zero-order valence-electron chi connectivity index (χ0n) is 18.9. The van der Waals surface area contributed by atoms with Crippen LogP contribution in [0.4, 0.5) is 15.4 Å². The lowest BCUT2D eigenvalue weighted by molar-refractivity contribution is 0.0972. The van der Waals surface area contributed by atoms with Gasteiger partial charge >= 0.3 is 12.1 Å². The van der Waals surface area contributed by atoms with E-state index >= 15 is 0 Å². The minimum absolute atomic E-state index is 0.103. The molecule has 1 aliphatic carbocycles. The molecule has 3 amide bonds. The number of amides is 3. The molecule has 1 aliphatic heterocycles. The maximum absolute atomic E-state index is 12.7. The van der Waals surface area contributed by atoms with Gasteiger partial charge in [0.2, 0.25) is 0 Å². The number of carbonyl (C=O) groups excluding carboxylic acids is 2. The van der Waals surface area contributed by atoms with Crippen LogP contribution >= 0.6 is 0 Å². The number of ether oxygens (including phenoxy) is 1. The first-order chi connectivity index (χ1) is 16.5. The average molecular weight is 464 g/mol. The maximum Gasteiger partial charge on any atom is 0.326 e. The molecule has 2 aromatic heterocycles. The minimum atomic E-state index is -0.338. The third-order valence-electron chi connectivity index (χ3n) is 6.52. The van der Waals surface area contributed by atoms with Crippen molar-refractivity contribution in [1.82, 2.24) is 19.8 Å². The largest absolute Gasteiger partial charge is 0.457 e. The molecule has 0 spiro atoms. The number of pyridine rings is 1. The fourth-order valence-corrected chi connectivity index (χ4v) is 4.61. The van der Waals surface area contributed by atoms with E-state index in [-0.39, 0.29) is 24.2 Å². The summed E-state index contributed by atoms with van der Waals surface area (Å²) in [7, 11) is 0. The van der Waals surface area contributed by atoms with Crippen molar-refractivity contribution in [2.24, 2.45) is 0 Å². The molecule has 2 aliphatic rings. The number of fused-ring (bicyclic) bond motifs is 1. The first-order valence-electron chi connectivity index (χ1n) is 11.8. The van der Waals surface area contributed by atoms with E-state index in [1.165, 1.54) is 12.8 Å². The number of hydrogen-bond acceptors (Lipinski definition) is 5. The van der Waals surface area contributed by atoms with E-state index in [0.29, 0.717) is 43.2 Å². The zero-order chi connectivity index (χ0) is 23.5. The summed E-state index contributed by atoms with van der Waals surface area (Å²) in [5.74, 6) is 1.55. The third-order valence-corrected chi connectivity index (χ3v) is 6.52. The Morgan fingerprint density at radius 1 is 0.971 bits per heavy atom. The highest BCUT2D eigenvalue weighted by Gasteiger charge is 2.22. The summed E-state index contributed by atoms with van der Waals surface area (Å²) in [5, 5.41) is 16.4. The standard InChI is InChI=1S/C25H29N5O4/c31-19-9-12-29(13-10-19)24(32)28-23-16-21(7-11-26-23)34-20-5-6-22-17(15-20)8-14-30(22)25(33)27-18-3-1-2-4-18/h5-8,11,14-16,18-19,31H,1-4,9-10,12-13H2,(H,27,33)(H,26,28,32). The zero-order valence-corrected chi connectivity index (χ0v) is 18.9. The van der Waals surface area contributed by atoms with E-state index in [2.05, 4.69) is 15.6 Å². The van der Waals surface area contributed by atoms with Crippen molar-refractivity contribution < 1.29 is 19.4 Å². The molecule has 9 nitrogen and oxygen atoms in total. The van der Waals surface area contributed by atoms with Gasteiger partial charge in [-0.2, -0.15) is 0 Å². The SMILES string of the molecule is O=C(Nc1cc(Oc2ccc3c(ccn3C(=O)NC3CCCC3)c2)ccn1)N1CCC(O)CC1. The number of aliphatic hydroxyl groups is 1. The van der Waals surface area contributed by atoms with Crippen molar-refractivity contribution in [1.29, 1.82) is 0 Å². The first kappa shape index (κ1) is 22.2. The number of urea groups is 1. The van der Waals surface area contributed by atoms with Crippen LogP contribution in [0.2, 0.25) is 0 Å². The number of benzene rings is 1. The second kappa shape index (κ2) is 9.72. The van der Waals surface area contributed by atoms with Gasteiger partial charge in [-0.05, 0) is 56.0 Å². The smallest absolute Gasteiger partial charge is 0.326 e. The molecule has 1 aromatic carbocycles. The lowest BCUT2D eigenvalue weighted by atomic mass is 10.1. The van der Waals surface area contributed by atoms with Gasteiger partial charge < -0.3 is 20.1 Å². The Morgan fingerprint density at radius 2 is 1.74 bits per heavy atom. The van der Waals surface area contributed by atoms with Crippen LogP contribution in [0.3, 0.4) is 0 Å². The number of piperidine rings is 1. The lowest BCUT2D eigenvalue weighted by Gasteiger charge is -2.29. The molecule has 0 bridgehead atoms. The highest BCUT2D eigenvalue weighted by atomic mass is 16.5. The van der Waals surface area contributed by atoms with Crippen molar-refractivity contribution >= 4 is 28.8 Å². The number of nitrogens with one attached hydrogen (secondary N) is 2. The summed E-state index contributed by atoms with van der Waals surface area (Å²) < 4.78 is 7.63. The van der Waals surface area contributed by atoms with Gasteiger partial charge in [-0.1, -0.05) is 12.8 Å². The van der Waals surface area contributed by atoms with Gasteiger partial charge in [0, 0.05) is 43.0 Å². The summed E-state index contributed by atoms with van der Waals surface area (Å²) in [5.41, 5.74) is 0.817. The molecule has 0 unspecified atom stereocenters. The number of carbonyl (C=O) groups is 2. The second-order valence-electron chi connectivity index (χ2n) is 8.96. The minimum Gasteiger partial charge on any atom is -0.457 e. The highest BCUT2D eigenvalue weighted by Crippen LogP contribution is 2.28. The topological polar surface area (TPSA) is 109 Å². The normalized spacial score (nSPS) is 17.1. The van der Waals surface area contributed by atoms with E-state index in [0.717, 1.165) is 23.7 Å². The summed E-state index contributed by atoms with van der Waals surface area (Å²) in [6.07, 6.45) is 8.59. The van der Waals surface area contributed by atoms with Crippen LogP contribution in [-0.2, 0) is 0 Å². The van der Waals surface area contributed by atoms with Crippen LogP contribution in [0, 0.1) is 0 Å². The number of aliphatic hydroxyl groups excluding tert-OH is 1. The fourth-order valence-electron chi connectivity index (χ4n) is 4.61. The van der Waals surface area contributed by atoms with Gasteiger partial charge in [0.1, 0.15) is 17.3 Å². The Hall–Kier alpha value is -3.59. The number of hydrogen-bond donors (Lipinski definition) is 3. The van der Waals surface area contributed by atoms with Crippen molar-refractivity contribution in [3.8, 4) is 11.5 Å². The molecule has 34 heavy (non-hydrogen) atoms. The van der Waals surface area contributed by atoms with Crippen molar-refractivity contribution in [2.75, 3.05) is 18.4 Å². The molecule has 0 radical (unpaired) electrons. The van der Waals surface area contributed by atoms with Crippen LogP contribution in [0.15, 0.2) is 48.8 Å². The number of aromatic nitrogens is 2.